The molecule has 1 heterocycles. The van der Waals surface area contributed by atoms with E-state index in [1.54, 1.807) is 0 Å². The predicted octanol–water partition coefficient (Wildman–Crippen LogP) is 1.85. The number of rotatable bonds is 3. The molecule has 1 saturated heterocycles. The summed E-state index contributed by atoms with van der Waals surface area (Å²) >= 11 is 0. The molecule has 0 aliphatic carbocycles. The molecule has 0 aromatic heterocycles. The smallest absolute Gasteiger partial charge is 0.316 e. The van der Waals surface area contributed by atoms with Crippen LogP contribution >= 0.6 is 0 Å². The van der Waals surface area contributed by atoms with Gasteiger partial charge in [0.2, 0.25) is 10.0 Å². The third kappa shape index (κ3) is 4.02. The number of benzene rings is 1. The quantitative estimate of drug-likeness (QED) is 0.874. The minimum absolute atomic E-state index is 0.0587. The van der Waals surface area contributed by atoms with Crippen molar-refractivity contribution in [2.24, 2.45) is 5.92 Å². The van der Waals surface area contributed by atoms with Crippen molar-refractivity contribution in [2.45, 2.75) is 30.5 Å². The number of halogens is 3. The summed E-state index contributed by atoms with van der Waals surface area (Å²) in [5, 5.41) is 12.0. The van der Waals surface area contributed by atoms with Crippen LogP contribution in [0.5, 0.6) is 0 Å². The summed E-state index contributed by atoms with van der Waals surface area (Å²) in [4.78, 5) is -0.340. The highest BCUT2D eigenvalue weighted by atomic mass is 32.2. The molecule has 0 radical (unpaired) electrons. The fourth-order valence-corrected chi connectivity index (χ4v) is 3.89. The van der Waals surface area contributed by atoms with Crippen LogP contribution in [-0.2, 0) is 16.2 Å². The molecule has 0 saturated carbocycles. The minimum atomic E-state index is -4.70. The summed E-state index contributed by atoms with van der Waals surface area (Å²) in [6, 6.07) is 3.37. The van der Waals surface area contributed by atoms with E-state index in [1.165, 1.54) is 6.07 Å². The molecule has 2 atom stereocenters. The Bertz CT molecular complexity index is 726. The molecule has 9 heteroatoms. The number of piperidine rings is 1. The summed E-state index contributed by atoms with van der Waals surface area (Å²) in [6.07, 6.45) is -4.11. The zero-order valence-electron chi connectivity index (χ0n) is 12.3. The van der Waals surface area contributed by atoms with E-state index in [0.29, 0.717) is 25.6 Å². The standard InChI is InChI=1S/C14H16F3N3O2S/c1-9-8-19-5-4-13(9)20-23(21,22)11-2-3-12(14(15,16)17)10(6-11)7-18/h2-3,6,9,13,19-20H,4-5,8H2,1H3. The molecule has 1 aromatic carbocycles. The Hall–Kier alpha value is -1.63. The van der Waals surface area contributed by atoms with E-state index in [9.17, 15) is 21.6 Å². The van der Waals surface area contributed by atoms with E-state index in [-0.39, 0.29) is 16.9 Å². The van der Waals surface area contributed by atoms with Crippen LogP contribution in [0.4, 0.5) is 13.2 Å². The van der Waals surface area contributed by atoms with Gasteiger partial charge in [-0.05, 0) is 43.6 Å². The van der Waals surface area contributed by atoms with Gasteiger partial charge in [-0.3, -0.25) is 0 Å². The third-order valence-corrected chi connectivity index (χ3v) is 5.31. The second-order valence-corrected chi connectivity index (χ2v) is 7.23. The Morgan fingerprint density at radius 1 is 1.39 bits per heavy atom. The summed E-state index contributed by atoms with van der Waals surface area (Å²) in [5.74, 6) is 0.0587. The molecular weight excluding hydrogens is 331 g/mol. The van der Waals surface area contributed by atoms with Crippen LogP contribution in [0.25, 0.3) is 0 Å². The highest BCUT2D eigenvalue weighted by Gasteiger charge is 2.35. The zero-order chi connectivity index (χ0) is 17.3. The first-order valence-corrected chi connectivity index (χ1v) is 8.48. The first kappa shape index (κ1) is 17.7. The van der Waals surface area contributed by atoms with E-state index >= 15 is 0 Å². The number of nitriles is 1. The molecule has 126 valence electrons. The van der Waals surface area contributed by atoms with Gasteiger partial charge < -0.3 is 5.32 Å². The first-order valence-electron chi connectivity index (χ1n) is 6.99. The Morgan fingerprint density at radius 3 is 2.65 bits per heavy atom. The fraction of sp³-hybridized carbons (Fsp3) is 0.500. The van der Waals surface area contributed by atoms with Crippen LogP contribution in [0.1, 0.15) is 24.5 Å². The van der Waals surface area contributed by atoms with Crippen molar-refractivity contribution < 1.29 is 21.6 Å². The Kier molecular flexibility index (Phi) is 4.98. The summed E-state index contributed by atoms with van der Waals surface area (Å²) in [7, 11) is -3.98. The van der Waals surface area contributed by atoms with E-state index in [0.717, 1.165) is 12.1 Å². The van der Waals surface area contributed by atoms with Crippen molar-refractivity contribution in [3.63, 3.8) is 0 Å². The highest BCUT2D eigenvalue weighted by Crippen LogP contribution is 2.32. The van der Waals surface area contributed by atoms with E-state index in [4.69, 9.17) is 5.26 Å². The van der Waals surface area contributed by atoms with Gasteiger partial charge in [0.1, 0.15) is 0 Å². The van der Waals surface area contributed by atoms with Crippen LogP contribution in [0.15, 0.2) is 23.1 Å². The molecular formula is C14H16F3N3O2S. The van der Waals surface area contributed by atoms with Crippen molar-refractivity contribution in [3.8, 4) is 6.07 Å². The maximum absolute atomic E-state index is 12.8. The number of sulfonamides is 1. The summed E-state index contributed by atoms with van der Waals surface area (Å²) in [6.45, 7) is 3.20. The van der Waals surface area contributed by atoms with Crippen molar-refractivity contribution in [1.82, 2.24) is 10.0 Å². The molecule has 1 aliphatic rings. The van der Waals surface area contributed by atoms with Gasteiger partial charge in [-0.1, -0.05) is 6.92 Å². The van der Waals surface area contributed by atoms with Crippen molar-refractivity contribution >= 4 is 10.0 Å². The van der Waals surface area contributed by atoms with Crippen molar-refractivity contribution in [3.05, 3.63) is 29.3 Å². The largest absolute Gasteiger partial charge is 0.417 e. The van der Waals surface area contributed by atoms with Crippen LogP contribution in [-0.4, -0.2) is 27.5 Å². The number of hydrogen-bond acceptors (Lipinski definition) is 4. The highest BCUT2D eigenvalue weighted by molar-refractivity contribution is 7.89. The lowest BCUT2D eigenvalue weighted by Crippen LogP contribution is -2.48. The second-order valence-electron chi connectivity index (χ2n) is 5.51. The van der Waals surface area contributed by atoms with E-state index < -0.39 is 27.3 Å². The van der Waals surface area contributed by atoms with Gasteiger partial charge in [-0.25, -0.2) is 13.1 Å². The Balaban J connectivity index is 2.32. The van der Waals surface area contributed by atoms with Crippen molar-refractivity contribution in [1.29, 1.82) is 5.26 Å². The normalized spacial score (nSPS) is 22.6. The Morgan fingerprint density at radius 2 is 2.09 bits per heavy atom. The number of nitrogens with zero attached hydrogens (tertiary/aromatic N) is 1. The molecule has 1 aromatic rings. The minimum Gasteiger partial charge on any atom is -0.316 e. The van der Waals surface area contributed by atoms with E-state index in [2.05, 4.69) is 10.0 Å². The average Bonchev–Trinajstić information content (AvgIpc) is 2.48. The van der Waals surface area contributed by atoms with Gasteiger partial charge in [-0.2, -0.15) is 18.4 Å². The Labute approximate surface area is 132 Å². The van der Waals surface area contributed by atoms with Gasteiger partial charge >= 0.3 is 6.18 Å². The summed E-state index contributed by atoms with van der Waals surface area (Å²) < 4.78 is 65.5. The number of hydrogen-bond donors (Lipinski definition) is 2. The van der Waals surface area contributed by atoms with Crippen LogP contribution in [0.2, 0.25) is 0 Å². The molecule has 1 fully saturated rings. The molecule has 23 heavy (non-hydrogen) atoms. The lowest BCUT2D eigenvalue weighted by Gasteiger charge is -2.30. The molecule has 0 amide bonds. The van der Waals surface area contributed by atoms with Gasteiger partial charge in [0.15, 0.2) is 0 Å². The molecule has 1 aliphatic heterocycles. The fourth-order valence-electron chi connectivity index (χ4n) is 2.49. The van der Waals surface area contributed by atoms with Gasteiger partial charge in [-0.15, -0.1) is 0 Å². The maximum Gasteiger partial charge on any atom is 0.417 e. The van der Waals surface area contributed by atoms with Gasteiger partial charge in [0.05, 0.1) is 22.1 Å². The third-order valence-electron chi connectivity index (χ3n) is 3.82. The second kappa shape index (κ2) is 6.47. The lowest BCUT2D eigenvalue weighted by atomic mass is 9.97. The molecule has 5 nitrogen and oxygen atoms in total. The van der Waals surface area contributed by atoms with Gasteiger partial charge in [0.25, 0.3) is 0 Å². The average molecular weight is 347 g/mol. The zero-order valence-corrected chi connectivity index (χ0v) is 13.1. The van der Waals surface area contributed by atoms with Crippen molar-refractivity contribution in [2.75, 3.05) is 13.1 Å². The van der Waals surface area contributed by atoms with Crippen LogP contribution in [0.3, 0.4) is 0 Å². The molecule has 2 rings (SSSR count). The number of alkyl halides is 3. The predicted molar refractivity (Wildman–Crippen MR) is 76.9 cm³/mol. The van der Waals surface area contributed by atoms with Gasteiger partial charge in [0, 0.05) is 6.04 Å². The lowest BCUT2D eigenvalue weighted by molar-refractivity contribution is -0.137. The summed E-state index contributed by atoms with van der Waals surface area (Å²) in [5.41, 5.74) is -1.85. The first-order chi connectivity index (χ1) is 10.6. The van der Waals surface area contributed by atoms with Crippen LogP contribution < -0.4 is 10.0 Å². The molecule has 2 unspecified atom stereocenters. The molecule has 0 bridgehead atoms. The number of nitrogens with one attached hydrogen (secondary N) is 2. The van der Waals surface area contributed by atoms with Crippen LogP contribution in [0, 0.1) is 17.2 Å². The molecule has 0 spiro atoms. The monoisotopic (exact) mass is 347 g/mol. The topological polar surface area (TPSA) is 82.0 Å². The SMILES string of the molecule is CC1CNCCC1NS(=O)(=O)c1ccc(C(F)(F)F)c(C#N)c1. The maximum atomic E-state index is 12.8. The van der Waals surface area contributed by atoms with E-state index in [1.807, 2.05) is 6.92 Å². The molecule has 2 N–H and O–H groups in total.